The SMILES string of the molecule is O=C(c1noc(=O)[nH]1)N1CC[C@H]2c3ccc(C(F)(C(F)(F)F)C(F)(F)F)cc3CC[C@H]21. The van der Waals surface area contributed by atoms with E-state index in [0.717, 1.165) is 6.07 Å². The van der Waals surface area contributed by atoms with Gasteiger partial charge in [0.15, 0.2) is 0 Å². The Morgan fingerprint density at radius 1 is 1.10 bits per heavy atom. The number of amides is 1. The highest BCUT2D eigenvalue weighted by Gasteiger charge is 2.73. The van der Waals surface area contributed by atoms with E-state index in [1.165, 1.54) is 4.90 Å². The van der Waals surface area contributed by atoms with Crippen LogP contribution < -0.4 is 5.76 Å². The highest BCUT2D eigenvalue weighted by molar-refractivity contribution is 5.90. The van der Waals surface area contributed by atoms with Crippen molar-refractivity contribution in [2.75, 3.05) is 6.54 Å². The van der Waals surface area contributed by atoms with E-state index in [4.69, 9.17) is 0 Å². The summed E-state index contributed by atoms with van der Waals surface area (Å²) in [6, 6.07) is 1.79. The molecule has 1 aromatic carbocycles. The Bertz CT molecular complexity index is 1060. The second-order valence-electron chi connectivity index (χ2n) is 7.51. The molecule has 2 aliphatic rings. The van der Waals surface area contributed by atoms with Crippen molar-refractivity contribution in [2.24, 2.45) is 0 Å². The zero-order valence-corrected chi connectivity index (χ0v) is 15.5. The smallest absolute Gasteiger partial charge is 0.332 e. The summed E-state index contributed by atoms with van der Waals surface area (Å²) in [4.78, 5) is 27.2. The molecule has 13 heteroatoms. The molecule has 0 unspecified atom stereocenters. The zero-order chi connectivity index (χ0) is 22.8. The maximum Gasteiger partial charge on any atom is 0.439 e. The number of fused-ring (bicyclic) bond motifs is 3. The zero-order valence-electron chi connectivity index (χ0n) is 15.5. The Hall–Kier alpha value is -2.86. The lowest BCUT2D eigenvalue weighted by Crippen LogP contribution is -2.50. The molecule has 168 valence electrons. The fourth-order valence-electron chi connectivity index (χ4n) is 4.47. The molecule has 1 amide bonds. The third kappa shape index (κ3) is 3.21. The minimum absolute atomic E-state index is 0.0508. The van der Waals surface area contributed by atoms with Crippen LogP contribution in [0.3, 0.4) is 0 Å². The molecule has 6 nitrogen and oxygen atoms in total. The molecule has 2 heterocycles. The quantitative estimate of drug-likeness (QED) is 0.705. The summed E-state index contributed by atoms with van der Waals surface area (Å²) in [7, 11) is 0. The number of nitrogens with one attached hydrogen (secondary N) is 1. The number of aryl methyl sites for hydroxylation is 1. The molecule has 1 fully saturated rings. The number of H-pyrrole nitrogens is 1. The number of halogens is 7. The maximum atomic E-state index is 14.4. The number of aromatic nitrogens is 2. The van der Waals surface area contributed by atoms with E-state index in [0.29, 0.717) is 24.1 Å². The Labute approximate surface area is 169 Å². The molecule has 1 aliphatic carbocycles. The topological polar surface area (TPSA) is 79.2 Å². The van der Waals surface area contributed by atoms with Gasteiger partial charge in [0.05, 0.1) is 0 Å². The van der Waals surface area contributed by atoms with E-state index in [-0.39, 0.29) is 36.7 Å². The van der Waals surface area contributed by atoms with E-state index in [2.05, 4.69) is 14.7 Å². The maximum absolute atomic E-state index is 14.4. The number of aromatic amines is 1. The van der Waals surface area contributed by atoms with E-state index in [1.54, 1.807) is 0 Å². The van der Waals surface area contributed by atoms with Gasteiger partial charge in [0.2, 0.25) is 5.82 Å². The number of carbonyl (C=O) groups excluding carboxylic acids is 1. The average Bonchev–Trinajstić information content (AvgIpc) is 3.30. The number of hydrogen-bond donors (Lipinski definition) is 1. The van der Waals surface area contributed by atoms with Crippen LogP contribution in [0.25, 0.3) is 0 Å². The third-order valence-corrected chi connectivity index (χ3v) is 5.88. The molecule has 1 aliphatic heterocycles. The van der Waals surface area contributed by atoms with Crippen molar-refractivity contribution >= 4 is 5.91 Å². The van der Waals surface area contributed by atoms with Crippen LogP contribution >= 0.6 is 0 Å². The monoisotopic (exact) mass is 453 g/mol. The van der Waals surface area contributed by atoms with Crippen molar-refractivity contribution in [3.8, 4) is 0 Å². The summed E-state index contributed by atoms with van der Waals surface area (Å²) < 4.78 is 97.0. The minimum Gasteiger partial charge on any atom is -0.332 e. The van der Waals surface area contributed by atoms with Crippen molar-refractivity contribution in [3.05, 3.63) is 51.3 Å². The first-order valence-corrected chi connectivity index (χ1v) is 9.17. The second kappa shape index (κ2) is 6.82. The fourth-order valence-corrected chi connectivity index (χ4v) is 4.47. The van der Waals surface area contributed by atoms with Gasteiger partial charge in [0, 0.05) is 24.1 Å². The van der Waals surface area contributed by atoms with Crippen LogP contribution in [0.1, 0.15) is 46.1 Å². The summed E-state index contributed by atoms with van der Waals surface area (Å²) >= 11 is 0. The molecule has 1 saturated heterocycles. The van der Waals surface area contributed by atoms with Crippen molar-refractivity contribution in [1.29, 1.82) is 0 Å². The lowest BCUT2D eigenvalue weighted by atomic mass is 9.77. The number of likely N-dealkylation sites (tertiary alicyclic amines) is 1. The Morgan fingerprint density at radius 3 is 2.35 bits per heavy atom. The van der Waals surface area contributed by atoms with Gasteiger partial charge in [-0.15, -0.1) is 0 Å². The molecule has 2 atom stereocenters. The number of carbonyl (C=O) groups is 1. The average molecular weight is 453 g/mol. The summed E-state index contributed by atoms with van der Waals surface area (Å²) in [6.07, 6.45) is -11.7. The Morgan fingerprint density at radius 2 is 1.77 bits per heavy atom. The molecule has 31 heavy (non-hydrogen) atoms. The highest BCUT2D eigenvalue weighted by atomic mass is 19.4. The molecule has 0 saturated carbocycles. The second-order valence-corrected chi connectivity index (χ2v) is 7.51. The Balaban J connectivity index is 1.66. The van der Waals surface area contributed by atoms with Gasteiger partial charge in [-0.2, -0.15) is 26.3 Å². The standard InChI is InChI=1S/C18H14F7N3O3/c19-16(17(20,21)22,18(23,24)25)9-2-3-10-8(7-9)1-4-12-11(10)5-6-28(12)14(29)13-26-15(30)31-27-13/h2-3,7,11-12H,1,4-6H2,(H,26,27,30)/t11-,12+/m0/s1. The van der Waals surface area contributed by atoms with Gasteiger partial charge < -0.3 is 4.90 Å². The molecule has 2 aromatic rings. The molecule has 1 aromatic heterocycles. The highest BCUT2D eigenvalue weighted by Crippen LogP contribution is 2.54. The summed E-state index contributed by atoms with van der Waals surface area (Å²) in [5.74, 6) is -2.17. The normalized spacial score (nSPS) is 21.7. The molecule has 4 rings (SSSR count). The summed E-state index contributed by atoms with van der Waals surface area (Å²) in [6.45, 7) is 0.238. The van der Waals surface area contributed by atoms with Crippen LogP contribution in [0, 0.1) is 0 Å². The molecule has 1 N–H and O–H groups in total. The lowest BCUT2D eigenvalue weighted by Gasteiger charge is -2.35. The first-order valence-electron chi connectivity index (χ1n) is 9.17. The lowest BCUT2D eigenvalue weighted by molar-refractivity contribution is -0.348. The summed E-state index contributed by atoms with van der Waals surface area (Å²) in [5, 5.41) is 3.34. The first kappa shape index (κ1) is 21.4. The molecule has 0 bridgehead atoms. The van der Waals surface area contributed by atoms with Crippen LogP contribution in [-0.2, 0) is 12.1 Å². The van der Waals surface area contributed by atoms with Gasteiger partial charge in [-0.05, 0) is 35.5 Å². The van der Waals surface area contributed by atoms with Gasteiger partial charge >= 0.3 is 23.8 Å². The van der Waals surface area contributed by atoms with Crippen molar-refractivity contribution < 1.29 is 40.1 Å². The number of hydrogen-bond acceptors (Lipinski definition) is 4. The minimum atomic E-state index is -6.18. The number of benzene rings is 1. The van der Waals surface area contributed by atoms with Crippen LogP contribution in [0.15, 0.2) is 27.5 Å². The van der Waals surface area contributed by atoms with Crippen LogP contribution in [-0.4, -0.2) is 45.9 Å². The van der Waals surface area contributed by atoms with E-state index >= 15 is 0 Å². The predicted octanol–water partition coefficient (Wildman–Crippen LogP) is 3.60. The molecule has 0 spiro atoms. The third-order valence-electron chi connectivity index (χ3n) is 5.88. The number of alkyl halides is 7. The van der Waals surface area contributed by atoms with Crippen LogP contribution in [0.5, 0.6) is 0 Å². The molecule has 0 radical (unpaired) electrons. The van der Waals surface area contributed by atoms with Crippen LogP contribution in [0.4, 0.5) is 30.7 Å². The predicted molar refractivity (Wildman–Crippen MR) is 89.0 cm³/mol. The van der Waals surface area contributed by atoms with Gasteiger partial charge in [-0.3, -0.25) is 14.3 Å². The molecular weight excluding hydrogens is 439 g/mol. The van der Waals surface area contributed by atoms with Crippen molar-refractivity contribution in [2.45, 2.75) is 49.2 Å². The number of rotatable bonds is 2. The van der Waals surface area contributed by atoms with E-state index in [9.17, 15) is 40.3 Å². The van der Waals surface area contributed by atoms with Crippen molar-refractivity contribution in [1.82, 2.24) is 15.0 Å². The summed E-state index contributed by atoms with van der Waals surface area (Å²) in [5.41, 5.74) is -6.35. The molecular formula is C18H14F7N3O3. The first-order chi connectivity index (χ1) is 14.3. The van der Waals surface area contributed by atoms with E-state index in [1.807, 2.05) is 0 Å². The van der Waals surface area contributed by atoms with E-state index < -0.39 is 41.3 Å². The van der Waals surface area contributed by atoms with Gasteiger partial charge in [-0.25, -0.2) is 9.18 Å². The van der Waals surface area contributed by atoms with Gasteiger partial charge in [0.1, 0.15) is 0 Å². The Kier molecular flexibility index (Phi) is 4.70. The largest absolute Gasteiger partial charge is 0.439 e. The fraction of sp³-hybridized carbons (Fsp3) is 0.500. The number of nitrogens with zero attached hydrogens (tertiary/aromatic N) is 2. The van der Waals surface area contributed by atoms with Gasteiger partial charge in [0.25, 0.3) is 5.91 Å². The van der Waals surface area contributed by atoms with Gasteiger partial charge in [-0.1, -0.05) is 18.2 Å². The van der Waals surface area contributed by atoms with Crippen LogP contribution in [0.2, 0.25) is 0 Å². The van der Waals surface area contributed by atoms with Crippen molar-refractivity contribution in [3.63, 3.8) is 0 Å².